The van der Waals surface area contributed by atoms with Crippen LogP contribution in [0.2, 0.25) is 0 Å². The Kier molecular flexibility index (Phi) is 5.15. The molecule has 0 aliphatic heterocycles. The zero-order valence-corrected chi connectivity index (χ0v) is 25.6. The summed E-state index contributed by atoms with van der Waals surface area (Å²) in [4.78, 5) is 0. The smallest absolute Gasteiger partial charge is 0.0489 e. The van der Waals surface area contributed by atoms with E-state index in [-0.39, 0.29) is 5.41 Å². The number of hydrogen-bond donors (Lipinski definition) is 0. The second-order valence-corrected chi connectivity index (χ2v) is 13.1. The quantitative estimate of drug-likeness (QED) is 0.184. The molecule has 1 nitrogen and oxygen atoms in total. The maximum absolute atomic E-state index is 2.47. The molecule has 0 N–H and O–H groups in total. The summed E-state index contributed by atoms with van der Waals surface area (Å²) in [6.07, 6.45) is 0. The molecule has 9 rings (SSSR count). The monoisotopic (exact) mass is 563 g/mol. The fourth-order valence-corrected chi connectivity index (χ4v) is 8.10. The minimum Gasteiger partial charge on any atom is -0.344 e. The molecular weight excluding hydrogens is 530 g/mol. The van der Waals surface area contributed by atoms with Crippen molar-refractivity contribution in [1.82, 2.24) is 4.57 Å². The van der Waals surface area contributed by atoms with Crippen molar-refractivity contribution in [3.8, 4) is 33.4 Å². The third-order valence-corrected chi connectivity index (χ3v) is 10.3. The van der Waals surface area contributed by atoms with Gasteiger partial charge in [0.25, 0.3) is 0 Å². The Bertz CT molecular complexity index is 2490. The fourth-order valence-electron chi connectivity index (χ4n) is 8.10. The van der Waals surface area contributed by atoms with Gasteiger partial charge in [0.05, 0.1) is 0 Å². The van der Waals surface area contributed by atoms with Crippen molar-refractivity contribution >= 4 is 43.4 Å². The molecule has 0 amide bonds. The highest BCUT2D eigenvalue weighted by atomic mass is 14.9. The SMILES string of the molecule is Cc1ccc2c(-c3ccc4c(c3)c3ccccc3n4C)c3ccccc3c(-c3ccc4c(c3)C(C)(C)c3ccccc3-4)c2c1. The summed E-state index contributed by atoms with van der Waals surface area (Å²) in [6, 6.07) is 47.9. The first kappa shape index (κ1) is 25.4. The van der Waals surface area contributed by atoms with Gasteiger partial charge in [0, 0.05) is 34.3 Å². The van der Waals surface area contributed by atoms with E-state index in [2.05, 4.69) is 160 Å². The number of rotatable bonds is 2. The molecule has 210 valence electrons. The molecule has 0 unspecified atom stereocenters. The number of nitrogens with zero attached hydrogens (tertiary/aromatic N) is 1. The van der Waals surface area contributed by atoms with E-state index in [0.29, 0.717) is 0 Å². The summed E-state index contributed by atoms with van der Waals surface area (Å²) in [5.74, 6) is 0. The zero-order valence-electron chi connectivity index (χ0n) is 25.6. The van der Waals surface area contributed by atoms with Gasteiger partial charge in [-0.25, -0.2) is 0 Å². The van der Waals surface area contributed by atoms with E-state index in [4.69, 9.17) is 0 Å². The fraction of sp³-hybridized carbons (Fsp3) is 0.116. The average Bonchev–Trinajstić information content (AvgIpc) is 3.46. The summed E-state index contributed by atoms with van der Waals surface area (Å²) < 4.78 is 2.31. The number of benzene rings is 7. The molecule has 0 bridgehead atoms. The standard InChI is InChI=1S/C43H33N/c1-26-17-20-34-36(23-26)42(28-18-21-30-29-11-7-9-15-37(29)43(2,3)38(30)25-28)33-14-6-5-13-32(33)41(34)27-19-22-40-35(24-27)31-12-8-10-16-39(31)44(40)4/h5-25H,1-4H3. The molecule has 1 aliphatic carbocycles. The van der Waals surface area contributed by atoms with Gasteiger partial charge >= 0.3 is 0 Å². The Balaban J connectivity index is 1.36. The molecule has 1 heteroatoms. The second kappa shape index (κ2) is 8.94. The third kappa shape index (κ3) is 3.36. The van der Waals surface area contributed by atoms with Crippen molar-refractivity contribution in [1.29, 1.82) is 0 Å². The Morgan fingerprint density at radius 2 is 1.05 bits per heavy atom. The summed E-state index contributed by atoms with van der Waals surface area (Å²) >= 11 is 0. The first-order chi connectivity index (χ1) is 21.4. The van der Waals surface area contributed by atoms with E-state index < -0.39 is 0 Å². The number of aryl methyl sites for hydroxylation is 2. The van der Waals surface area contributed by atoms with E-state index in [1.807, 2.05) is 0 Å². The molecule has 1 aromatic heterocycles. The lowest BCUT2D eigenvalue weighted by atomic mass is 9.80. The highest BCUT2D eigenvalue weighted by Crippen LogP contribution is 2.51. The maximum atomic E-state index is 2.47. The molecule has 8 aromatic rings. The van der Waals surface area contributed by atoms with E-state index in [9.17, 15) is 0 Å². The Morgan fingerprint density at radius 1 is 0.455 bits per heavy atom. The van der Waals surface area contributed by atoms with Gasteiger partial charge < -0.3 is 4.57 Å². The van der Waals surface area contributed by atoms with E-state index in [0.717, 1.165) is 0 Å². The summed E-state index contributed by atoms with van der Waals surface area (Å²) in [7, 11) is 2.17. The average molecular weight is 564 g/mol. The number of aromatic nitrogens is 1. The topological polar surface area (TPSA) is 4.93 Å². The lowest BCUT2D eigenvalue weighted by Gasteiger charge is -2.23. The van der Waals surface area contributed by atoms with Crippen molar-refractivity contribution in [2.75, 3.05) is 0 Å². The molecule has 0 radical (unpaired) electrons. The van der Waals surface area contributed by atoms with Gasteiger partial charge in [-0.2, -0.15) is 0 Å². The first-order valence-electron chi connectivity index (χ1n) is 15.6. The first-order valence-corrected chi connectivity index (χ1v) is 15.6. The van der Waals surface area contributed by atoms with E-state index >= 15 is 0 Å². The highest BCUT2D eigenvalue weighted by molar-refractivity contribution is 6.22. The minimum atomic E-state index is -0.0444. The Morgan fingerprint density at radius 3 is 1.86 bits per heavy atom. The summed E-state index contributed by atoms with van der Waals surface area (Å²) in [5, 5.41) is 7.80. The van der Waals surface area contributed by atoms with Crippen LogP contribution in [-0.4, -0.2) is 4.57 Å². The van der Waals surface area contributed by atoms with Crippen LogP contribution in [0.1, 0.15) is 30.5 Å². The van der Waals surface area contributed by atoms with E-state index in [1.165, 1.54) is 93.4 Å². The number of para-hydroxylation sites is 1. The van der Waals surface area contributed by atoms with Crippen LogP contribution >= 0.6 is 0 Å². The van der Waals surface area contributed by atoms with Crippen LogP contribution in [-0.2, 0) is 12.5 Å². The van der Waals surface area contributed by atoms with Crippen LogP contribution in [0.5, 0.6) is 0 Å². The Labute approximate surface area is 258 Å². The predicted molar refractivity (Wildman–Crippen MR) is 189 cm³/mol. The highest BCUT2D eigenvalue weighted by Gasteiger charge is 2.35. The molecule has 0 saturated carbocycles. The lowest BCUT2D eigenvalue weighted by Crippen LogP contribution is -2.14. The van der Waals surface area contributed by atoms with Gasteiger partial charge in [0.1, 0.15) is 0 Å². The van der Waals surface area contributed by atoms with Crippen molar-refractivity contribution in [3.05, 3.63) is 144 Å². The zero-order chi connectivity index (χ0) is 29.7. The third-order valence-electron chi connectivity index (χ3n) is 10.3. The summed E-state index contributed by atoms with van der Waals surface area (Å²) in [5.41, 5.74) is 14.5. The van der Waals surface area contributed by atoms with Gasteiger partial charge in [0.2, 0.25) is 0 Å². The molecule has 0 saturated heterocycles. The summed E-state index contributed by atoms with van der Waals surface area (Å²) in [6.45, 7) is 6.95. The van der Waals surface area contributed by atoms with Crippen molar-refractivity contribution in [2.45, 2.75) is 26.2 Å². The number of hydrogen-bond acceptors (Lipinski definition) is 0. The maximum Gasteiger partial charge on any atom is 0.0489 e. The van der Waals surface area contributed by atoms with Gasteiger partial charge in [-0.1, -0.05) is 123 Å². The van der Waals surface area contributed by atoms with Crippen LogP contribution < -0.4 is 0 Å². The van der Waals surface area contributed by atoms with Gasteiger partial charge in [-0.15, -0.1) is 0 Å². The molecule has 0 atom stereocenters. The van der Waals surface area contributed by atoms with Gasteiger partial charge in [0.15, 0.2) is 0 Å². The van der Waals surface area contributed by atoms with Crippen LogP contribution in [0.15, 0.2) is 127 Å². The largest absolute Gasteiger partial charge is 0.344 e. The van der Waals surface area contributed by atoms with Crippen molar-refractivity contribution in [3.63, 3.8) is 0 Å². The molecule has 1 heterocycles. The number of fused-ring (bicyclic) bond motifs is 8. The van der Waals surface area contributed by atoms with Gasteiger partial charge in [-0.3, -0.25) is 0 Å². The molecule has 7 aromatic carbocycles. The Hall–Kier alpha value is -5.14. The molecule has 0 fully saturated rings. The predicted octanol–water partition coefficient (Wildman–Crippen LogP) is 11.6. The van der Waals surface area contributed by atoms with Crippen LogP contribution in [0.4, 0.5) is 0 Å². The van der Waals surface area contributed by atoms with E-state index in [1.54, 1.807) is 0 Å². The van der Waals surface area contributed by atoms with Crippen LogP contribution in [0, 0.1) is 6.92 Å². The molecule has 1 aliphatic rings. The lowest BCUT2D eigenvalue weighted by molar-refractivity contribution is 0.660. The normalized spacial score (nSPS) is 13.6. The second-order valence-electron chi connectivity index (χ2n) is 13.1. The van der Waals surface area contributed by atoms with Gasteiger partial charge in [-0.05, 0) is 97.2 Å². The van der Waals surface area contributed by atoms with Crippen molar-refractivity contribution in [2.24, 2.45) is 7.05 Å². The minimum absolute atomic E-state index is 0.0444. The molecular formula is C43H33N. The van der Waals surface area contributed by atoms with Crippen LogP contribution in [0.3, 0.4) is 0 Å². The molecule has 44 heavy (non-hydrogen) atoms. The van der Waals surface area contributed by atoms with Crippen LogP contribution in [0.25, 0.3) is 76.7 Å². The van der Waals surface area contributed by atoms with Crippen molar-refractivity contribution < 1.29 is 0 Å². The molecule has 0 spiro atoms.